The van der Waals surface area contributed by atoms with Gasteiger partial charge in [0.25, 0.3) is 5.91 Å². The molecule has 3 aromatic rings. The van der Waals surface area contributed by atoms with Crippen molar-refractivity contribution in [3.05, 3.63) is 76.6 Å². The number of halogens is 2. The van der Waals surface area contributed by atoms with Crippen molar-refractivity contribution < 1.29 is 18.7 Å². The Morgan fingerprint density at radius 3 is 2.50 bits per heavy atom. The van der Waals surface area contributed by atoms with Crippen LogP contribution in [-0.2, 0) is 13.0 Å². The van der Waals surface area contributed by atoms with Gasteiger partial charge in [0.2, 0.25) is 0 Å². The first-order valence-corrected chi connectivity index (χ1v) is 10.1. The van der Waals surface area contributed by atoms with E-state index >= 15 is 0 Å². The zero-order valence-corrected chi connectivity index (χ0v) is 17.2. The molecule has 1 amide bonds. The predicted octanol–water partition coefficient (Wildman–Crippen LogP) is 5.33. The number of benzene rings is 2. The molecule has 0 fully saturated rings. The summed E-state index contributed by atoms with van der Waals surface area (Å²) in [5.74, 6) is -2.28. The molecule has 0 atom stereocenters. The minimum absolute atomic E-state index is 0.0911. The molecule has 0 aliphatic rings. The molecule has 158 valence electrons. The van der Waals surface area contributed by atoms with Gasteiger partial charge in [0.05, 0.1) is 5.56 Å². The highest BCUT2D eigenvalue weighted by Crippen LogP contribution is 2.35. The van der Waals surface area contributed by atoms with Crippen molar-refractivity contribution in [2.45, 2.75) is 46.1 Å². The number of nitrogens with two attached hydrogens (primary N) is 1. The number of phenols is 1. The molecule has 0 saturated heterocycles. The fourth-order valence-corrected chi connectivity index (χ4v) is 3.91. The van der Waals surface area contributed by atoms with Crippen molar-refractivity contribution >= 4 is 5.91 Å². The minimum Gasteiger partial charge on any atom is -0.508 e. The Bertz CT molecular complexity index is 1070. The summed E-state index contributed by atoms with van der Waals surface area (Å²) in [7, 11) is 0. The van der Waals surface area contributed by atoms with Crippen LogP contribution in [0.25, 0.3) is 11.1 Å². The third kappa shape index (κ3) is 4.37. The number of amides is 1. The molecule has 2 aromatic carbocycles. The molecule has 1 aromatic heterocycles. The number of phenolic OH excluding ortho intramolecular Hbond substituents is 1. The van der Waals surface area contributed by atoms with Crippen molar-refractivity contribution in [3.8, 4) is 16.9 Å². The molecule has 30 heavy (non-hydrogen) atoms. The van der Waals surface area contributed by atoms with Crippen LogP contribution >= 0.6 is 0 Å². The number of carbonyl (C=O) groups excluding carboxylic acids is 1. The molecule has 0 radical (unpaired) electrons. The monoisotopic (exact) mass is 412 g/mol. The van der Waals surface area contributed by atoms with Crippen molar-refractivity contribution in [1.29, 1.82) is 0 Å². The molecule has 4 nitrogen and oxygen atoms in total. The van der Waals surface area contributed by atoms with Gasteiger partial charge in [-0.25, -0.2) is 8.78 Å². The third-order valence-corrected chi connectivity index (χ3v) is 5.35. The molecule has 0 aliphatic heterocycles. The number of aromatic hydroxyl groups is 1. The normalized spacial score (nSPS) is 11.1. The molecular weight excluding hydrogens is 386 g/mol. The van der Waals surface area contributed by atoms with Crippen LogP contribution < -0.4 is 5.73 Å². The Balaban J connectivity index is 2.20. The summed E-state index contributed by atoms with van der Waals surface area (Å²) in [4.78, 5) is 12.4. The third-order valence-electron chi connectivity index (χ3n) is 5.35. The first-order chi connectivity index (χ1) is 14.3. The number of nitrogens with zero attached hydrogens (tertiary/aromatic N) is 1. The standard InChI is InChI=1S/C24H26F2N2O2/c1-3-4-5-9-21-23(17-7-6-8-18(29)13-17)22(24(27)30)15(2)28(21)14-16-10-11-19(25)20(26)12-16/h6-8,10-13,29H,3-5,9,14H2,1-2H3,(H2,27,30). The van der Waals surface area contributed by atoms with Gasteiger partial charge in [-0.2, -0.15) is 0 Å². The molecule has 0 saturated carbocycles. The van der Waals surface area contributed by atoms with Crippen LogP contribution in [0.1, 0.15) is 53.5 Å². The number of primary amides is 1. The molecule has 0 bridgehead atoms. The van der Waals surface area contributed by atoms with Crippen molar-refractivity contribution in [3.63, 3.8) is 0 Å². The number of rotatable bonds is 8. The van der Waals surface area contributed by atoms with E-state index in [1.54, 1.807) is 25.1 Å². The van der Waals surface area contributed by atoms with Crippen LogP contribution in [0, 0.1) is 18.6 Å². The maximum absolute atomic E-state index is 13.8. The number of hydrogen-bond acceptors (Lipinski definition) is 2. The van der Waals surface area contributed by atoms with Gasteiger partial charge in [-0.05, 0) is 55.2 Å². The average Bonchev–Trinajstić information content (AvgIpc) is 2.97. The van der Waals surface area contributed by atoms with E-state index < -0.39 is 17.5 Å². The molecule has 3 rings (SSSR count). The van der Waals surface area contributed by atoms with E-state index in [2.05, 4.69) is 6.92 Å². The van der Waals surface area contributed by atoms with Gasteiger partial charge >= 0.3 is 0 Å². The SMILES string of the molecule is CCCCCc1c(-c2cccc(O)c2)c(C(N)=O)c(C)n1Cc1ccc(F)c(F)c1. The van der Waals surface area contributed by atoms with Crippen molar-refractivity contribution in [2.75, 3.05) is 0 Å². The fourth-order valence-electron chi connectivity index (χ4n) is 3.91. The van der Waals surface area contributed by atoms with E-state index in [0.717, 1.165) is 31.0 Å². The Labute approximate surface area is 175 Å². The van der Waals surface area contributed by atoms with Gasteiger partial charge in [-0.3, -0.25) is 4.79 Å². The average molecular weight is 412 g/mol. The lowest BCUT2D eigenvalue weighted by molar-refractivity contribution is 0.1000. The topological polar surface area (TPSA) is 68.2 Å². The predicted molar refractivity (Wildman–Crippen MR) is 113 cm³/mol. The maximum atomic E-state index is 13.8. The Morgan fingerprint density at radius 2 is 1.87 bits per heavy atom. The Kier molecular flexibility index (Phi) is 6.55. The smallest absolute Gasteiger partial charge is 0.251 e. The van der Waals surface area contributed by atoms with E-state index in [4.69, 9.17) is 5.73 Å². The zero-order valence-electron chi connectivity index (χ0n) is 17.2. The molecule has 1 heterocycles. The second kappa shape index (κ2) is 9.11. The second-order valence-electron chi connectivity index (χ2n) is 7.49. The minimum atomic E-state index is -0.909. The summed E-state index contributed by atoms with van der Waals surface area (Å²) in [6, 6.07) is 10.5. The molecule has 6 heteroatoms. The lowest BCUT2D eigenvalue weighted by atomic mass is 9.97. The Hall–Kier alpha value is -3.15. The van der Waals surface area contributed by atoms with Crippen LogP contribution in [0.2, 0.25) is 0 Å². The summed E-state index contributed by atoms with van der Waals surface area (Å²) < 4.78 is 29.1. The van der Waals surface area contributed by atoms with Crippen LogP contribution in [0.3, 0.4) is 0 Å². The first kappa shape index (κ1) is 21.6. The van der Waals surface area contributed by atoms with Crippen LogP contribution in [0.5, 0.6) is 5.75 Å². The van der Waals surface area contributed by atoms with Crippen molar-refractivity contribution in [2.24, 2.45) is 5.73 Å². The maximum Gasteiger partial charge on any atom is 0.251 e. The van der Waals surface area contributed by atoms with Gasteiger partial charge in [0.15, 0.2) is 11.6 Å². The summed E-state index contributed by atoms with van der Waals surface area (Å²) in [6.07, 6.45) is 3.65. The highest BCUT2D eigenvalue weighted by atomic mass is 19.2. The van der Waals surface area contributed by atoms with Crippen molar-refractivity contribution in [1.82, 2.24) is 4.57 Å². The molecular formula is C24H26F2N2O2. The largest absolute Gasteiger partial charge is 0.508 e. The van der Waals surface area contributed by atoms with Gasteiger partial charge in [0, 0.05) is 23.5 Å². The van der Waals surface area contributed by atoms with Gasteiger partial charge in [-0.1, -0.05) is 38.0 Å². The lowest BCUT2D eigenvalue weighted by Crippen LogP contribution is -2.13. The molecule has 0 unspecified atom stereocenters. The van der Waals surface area contributed by atoms with E-state index in [0.29, 0.717) is 34.4 Å². The zero-order chi connectivity index (χ0) is 21.8. The Morgan fingerprint density at radius 1 is 1.10 bits per heavy atom. The van der Waals surface area contributed by atoms with Gasteiger partial charge < -0.3 is 15.4 Å². The number of carbonyl (C=O) groups is 1. The van der Waals surface area contributed by atoms with E-state index in [9.17, 15) is 18.7 Å². The summed E-state index contributed by atoms with van der Waals surface area (Å²) in [5.41, 5.74) is 9.65. The number of aromatic nitrogens is 1. The van der Waals surface area contributed by atoms with Gasteiger partial charge in [-0.15, -0.1) is 0 Å². The van der Waals surface area contributed by atoms with Crippen LogP contribution in [0.4, 0.5) is 8.78 Å². The first-order valence-electron chi connectivity index (χ1n) is 10.1. The summed E-state index contributed by atoms with van der Waals surface area (Å²) in [6.45, 7) is 4.19. The highest BCUT2D eigenvalue weighted by molar-refractivity contribution is 6.02. The summed E-state index contributed by atoms with van der Waals surface area (Å²) in [5, 5.41) is 9.98. The quantitative estimate of drug-likeness (QED) is 0.491. The molecule has 0 aliphatic carbocycles. The molecule has 0 spiro atoms. The number of hydrogen-bond donors (Lipinski definition) is 2. The fraction of sp³-hybridized carbons (Fsp3) is 0.292. The van der Waals surface area contributed by atoms with Crippen LogP contribution in [0.15, 0.2) is 42.5 Å². The number of unbranched alkanes of at least 4 members (excludes halogenated alkanes) is 2. The van der Waals surface area contributed by atoms with Crippen LogP contribution in [-0.4, -0.2) is 15.6 Å². The second-order valence-corrected chi connectivity index (χ2v) is 7.49. The van der Waals surface area contributed by atoms with E-state index in [1.165, 1.54) is 12.1 Å². The van der Waals surface area contributed by atoms with E-state index in [1.807, 2.05) is 10.6 Å². The highest BCUT2D eigenvalue weighted by Gasteiger charge is 2.25. The van der Waals surface area contributed by atoms with E-state index in [-0.39, 0.29) is 12.3 Å². The lowest BCUT2D eigenvalue weighted by Gasteiger charge is -2.14. The van der Waals surface area contributed by atoms with Gasteiger partial charge in [0.1, 0.15) is 5.75 Å². The molecule has 3 N–H and O–H groups in total. The summed E-state index contributed by atoms with van der Waals surface area (Å²) >= 11 is 0.